The molecule has 194 valence electrons. The molecule has 12 heteroatoms. The van der Waals surface area contributed by atoms with Crippen LogP contribution in [0.2, 0.25) is 0 Å². The molecule has 0 radical (unpaired) electrons. The van der Waals surface area contributed by atoms with Crippen molar-refractivity contribution in [2.24, 2.45) is 0 Å². The number of rotatable bonds is 8. The number of hydrogen-bond donors (Lipinski definition) is 2. The van der Waals surface area contributed by atoms with Crippen LogP contribution >= 0.6 is 42.3 Å². The van der Waals surface area contributed by atoms with E-state index >= 15 is 0 Å². The van der Waals surface area contributed by atoms with Crippen molar-refractivity contribution < 1.29 is 13.9 Å². The molecular weight excluding hydrogens is 638 g/mol. The predicted octanol–water partition coefficient (Wildman–Crippen LogP) is 7.12. The second kappa shape index (κ2) is 10.9. The number of nitrogens with two attached hydrogens (primary N) is 1. The van der Waals surface area contributed by atoms with E-state index in [-0.39, 0.29) is 28.8 Å². The number of aromatic nitrogens is 4. The molecule has 3 N–H and O–H groups in total. The lowest BCUT2D eigenvalue weighted by molar-refractivity contribution is 0.103. The number of halogens is 2. The maximum atomic E-state index is 14.0. The molecule has 2 aromatic carbocycles. The van der Waals surface area contributed by atoms with E-state index in [0.29, 0.717) is 11.4 Å². The lowest BCUT2D eigenvalue weighted by atomic mass is 10.1. The minimum absolute atomic E-state index is 0.0775. The summed E-state index contributed by atoms with van der Waals surface area (Å²) in [5, 5.41) is 5.34. The highest BCUT2D eigenvalue weighted by Gasteiger charge is 2.24. The van der Waals surface area contributed by atoms with Crippen LogP contribution in [0.1, 0.15) is 27.2 Å². The van der Waals surface area contributed by atoms with Gasteiger partial charge >= 0.3 is 0 Å². The third kappa shape index (κ3) is 4.83. The average Bonchev–Trinajstić information content (AvgIpc) is 3.45. The summed E-state index contributed by atoms with van der Waals surface area (Å²) in [4.78, 5) is 18.0. The first-order valence-electron chi connectivity index (χ1n) is 11.3. The van der Waals surface area contributed by atoms with Crippen molar-refractivity contribution in [1.29, 1.82) is 0 Å². The van der Waals surface area contributed by atoms with Crippen LogP contribution in [-0.4, -0.2) is 30.8 Å². The first kappa shape index (κ1) is 26.4. The van der Waals surface area contributed by atoms with Gasteiger partial charge in [0.25, 0.3) is 0 Å². The summed E-state index contributed by atoms with van der Waals surface area (Å²) in [5.74, 6) is -0.221. The summed E-state index contributed by atoms with van der Waals surface area (Å²) >= 11 is 3.68. The Kier molecular flexibility index (Phi) is 7.54. The summed E-state index contributed by atoms with van der Waals surface area (Å²) in [6.07, 6.45) is 4.96. The molecule has 0 fully saturated rings. The van der Waals surface area contributed by atoms with Crippen LogP contribution in [-0.2, 0) is 0 Å². The van der Waals surface area contributed by atoms with Gasteiger partial charge in [-0.3, -0.25) is 8.77 Å². The first-order valence-corrected chi connectivity index (χ1v) is 15.9. The van der Waals surface area contributed by atoms with Gasteiger partial charge < -0.3 is 15.2 Å². The second-order valence-corrected chi connectivity index (χ2v) is 10.7. The number of carbonyl (C=O) groups is 1. The van der Waals surface area contributed by atoms with Crippen LogP contribution in [0, 0.1) is 19.7 Å². The Morgan fingerprint density at radius 2 is 1.92 bits per heavy atom. The van der Waals surface area contributed by atoms with Gasteiger partial charge in [0.15, 0.2) is 11.6 Å². The van der Waals surface area contributed by atoms with E-state index in [0.717, 1.165) is 27.7 Å². The first-order chi connectivity index (χ1) is 18.3. The van der Waals surface area contributed by atoms with Crippen molar-refractivity contribution in [3.63, 3.8) is 0 Å². The molecule has 0 amide bonds. The molecule has 0 aliphatic rings. The van der Waals surface area contributed by atoms with Crippen LogP contribution in [0.15, 0.2) is 60.9 Å². The van der Waals surface area contributed by atoms with E-state index in [1.807, 2.05) is 36.2 Å². The van der Waals surface area contributed by atoms with Crippen molar-refractivity contribution in [2.45, 2.75) is 13.8 Å². The quantitative estimate of drug-likeness (QED) is 0.103. The SMILES string of the molecule is CSNc1cc2c(cc1C)cc(C(=O)c1cnn(-c3cnc(Oc4ccccc4F)cc3C)c1N)n2SI. The molecule has 0 saturated carbocycles. The molecule has 0 aliphatic carbocycles. The number of benzene rings is 2. The van der Waals surface area contributed by atoms with Gasteiger partial charge in [-0.1, -0.05) is 24.1 Å². The Hall–Kier alpha value is -3.23. The third-order valence-corrected chi connectivity index (χ3v) is 8.14. The maximum absolute atomic E-state index is 14.0. The van der Waals surface area contributed by atoms with Crippen LogP contribution in [0.25, 0.3) is 16.6 Å². The number of carbonyl (C=O) groups excluding carboxylic acids is 1. The summed E-state index contributed by atoms with van der Waals surface area (Å²) in [7, 11) is 1.41. The smallest absolute Gasteiger partial charge is 0.219 e. The Balaban J connectivity index is 1.48. The van der Waals surface area contributed by atoms with Crippen LogP contribution in [0.4, 0.5) is 15.9 Å². The van der Waals surface area contributed by atoms with Gasteiger partial charge in [-0.2, -0.15) is 5.10 Å². The van der Waals surface area contributed by atoms with E-state index in [9.17, 15) is 9.18 Å². The predicted molar refractivity (Wildman–Crippen MR) is 161 cm³/mol. The number of para-hydroxylation sites is 1. The Morgan fingerprint density at radius 1 is 1.13 bits per heavy atom. The van der Waals surface area contributed by atoms with Gasteiger partial charge in [0.05, 0.1) is 29.2 Å². The fourth-order valence-corrected chi connectivity index (χ4v) is 6.26. The molecule has 5 aromatic rings. The summed E-state index contributed by atoms with van der Waals surface area (Å²) in [6, 6.07) is 13.7. The molecule has 0 atom stereocenters. The minimum Gasteiger partial charge on any atom is -0.436 e. The molecule has 38 heavy (non-hydrogen) atoms. The number of hydrogen-bond acceptors (Lipinski definition) is 8. The fraction of sp³-hybridized carbons (Fsp3) is 0.115. The third-order valence-electron chi connectivity index (χ3n) is 6.01. The lowest BCUT2D eigenvalue weighted by Crippen LogP contribution is -2.10. The molecule has 0 spiro atoms. The largest absolute Gasteiger partial charge is 0.436 e. The fourth-order valence-electron chi connectivity index (χ4n) is 4.10. The van der Waals surface area contributed by atoms with Gasteiger partial charge in [0.1, 0.15) is 11.5 Å². The zero-order valence-corrected chi connectivity index (χ0v) is 24.3. The highest BCUT2D eigenvalue weighted by Crippen LogP contribution is 2.35. The topological polar surface area (TPSA) is 100.0 Å². The minimum atomic E-state index is -0.482. The normalized spacial score (nSPS) is 11.2. The number of ether oxygens (including phenoxy) is 1. The van der Waals surface area contributed by atoms with E-state index in [2.05, 4.69) is 42.1 Å². The standard InChI is InChI=1S/C26H22FIN6O2S2/c1-14-8-16-10-21(34(38-28)20(16)11-19(14)32-37-3)25(35)17-12-31-33(26(17)29)22-13-30-24(9-15(22)2)36-23-7-5-4-6-18(23)27/h4-13,32H,29H2,1-3H3. The van der Waals surface area contributed by atoms with Gasteiger partial charge in [0.2, 0.25) is 11.7 Å². The summed E-state index contributed by atoms with van der Waals surface area (Å²) in [6.45, 7) is 3.86. The molecule has 0 saturated heterocycles. The van der Waals surface area contributed by atoms with E-state index in [4.69, 9.17) is 10.5 Å². The average molecular weight is 661 g/mol. The number of aryl methyl sites for hydroxylation is 2. The number of anilines is 2. The van der Waals surface area contributed by atoms with Gasteiger partial charge in [0, 0.05) is 53.7 Å². The molecular formula is C26H22FIN6O2S2. The highest BCUT2D eigenvalue weighted by atomic mass is 127. The highest BCUT2D eigenvalue weighted by molar-refractivity contribution is 14.2. The molecule has 0 unspecified atom stereocenters. The van der Waals surface area contributed by atoms with E-state index in [1.54, 1.807) is 18.2 Å². The van der Waals surface area contributed by atoms with Crippen molar-refractivity contribution in [3.05, 3.63) is 89.1 Å². The molecule has 8 nitrogen and oxygen atoms in total. The number of nitrogen functional groups attached to an aromatic ring is 1. The van der Waals surface area contributed by atoms with Crippen molar-refractivity contribution in [2.75, 3.05) is 16.7 Å². The van der Waals surface area contributed by atoms with Gasteiger partial charge in [-0.25, -0.2) is 14.1 Å². The monoisotopic (exact) mass is 660 g/mol. The number of nitrogens with zero attached hydrogens (tertiary/aromatic N) is 4. The van der Waals surface area contributed by atoms with E-state index < -0.39 is 5.82 Å². The van der Waals surface area contributed by atoms with Gasteiger partial charge in [-0.05, 0) is 55.3 Å². The summed E-state index contributed by atoms with van der Waals surface area (Å²) in [5.41, 5.74) is 11.5. The van der Waals surface area contributed by atoms with Crippen LogP contribution < -0.4 is 15.2 Å². The molecule has 3 aromatic heterocycles. The van der Waals surface area contributed by atoms with Gasteiger partial charge in [-0.15, -0.1) is 0 Å². The Bertz CT molecular complexity index is 1690. The zero-order chi connectivity index (χ0) is 27.0. The number of ketones is 1. The lowest BCUT2D eigenvalue weighted by Gasteiger charge is -2.11. The van der Waals surface area contributed by atoms with Crippen molar-refractivity contribution in [1.82, 2.24) is 18.7 Å². The molecule has 0 aliphatic heterocycles. The molecule has 0 bridgehead atoms. The van der Waals surface area contributed by atoms with E-state index in [1.165, 1.54) is 50.3 Å². The Morgan fingerprint density at radius 3 is 2.63 bits per heavy atom. The zero-order valence-electron chi connectivity index (χ0n) is 20.5. The maximum Gasteiger partial charge on any atom is 0.219 e. The van der Waals surface area contributed by atoms with Crippen LogP contribution in [0.5, 0.6) is 11.6 Å². The summed E-state index contributed by atoms with van der Waals surface area (Å²) < 4.78 is 26.2. The number of nitrogens with one attached hydrogen (secondary N) is 1. The van der Waals surface area contributed by atoms with Crippen molar-refractivity contribution in [3.8, 4) is 17.3 Å². The second-order valence-electron chi connectivity index (χ2n) is 8.45. The molecule has 3 heterocycles. The molecule has 5 rings (SSSR count). The number of pyridine rings is 1. The van der Waals surface area contributed by atoms with Crippen LogP contribution in [0.3, 0.4) is 0 Å². The number of fused-ring (bicyclic) bond motifs is 1. The Labute approximate surface area is 239 Å². The van der Waals surface area contributed by atoms with Crippen molar-refractivity contribution >= 4 is 70.5 Å².